The smallest absolute Gasteiger partial charge is 0.329 e. The van der Waals surface area contributed by atoms with Crippen molar-refractivity contribution in [3.63, 3.8) is 0 Å². The van der Waals surface area contributed by atoms with E-state index in [4.69, 9.17) is 27.9 Å². The zero-order valence-corrected chi connectivity index (χ0v) is 19.7. The van der Waals surface area contributed by atoms with E-state index in [1.807, 2.05) is 37.3 Å². The quantitative estimate of drug-likeness (QED) is 0.346. The standard InChI is InChI=1S/C26H19Cl2N3O3/c1-16-5-4-6-17(9-16)14-31-25(32)23(30-26(31)33)12-18-10-21(27)24(22(28)11-18)34-15-20-8-3-2-7-19(20)13-29/h2-12H,14-15H2,1H3,(H,30,33)/b23-12+. The molecule has 1 N–H and O–H groups in total. The Morgan fingerprint density at radius 2 is 1.79 bits per heavy atom. The molecule has 34 heavy (non-hydrogen) atoms. The van der Waals surface area contributed by atoms with Crippen molar-refractivity contribution in [2.75, 3.05) is 0 Å². The normalized spacial score (nSPS) is 14.3. The van der Waals surface area contributed by atoms with Gasteiger partial charge in [-0.15, -0.1) is 0 Å². The summed E-state index contributed by atoms with van der Waals surface area (Å²) in [5.41, 5.74) is 3.76. The number of carbonyl (C=O) groups excluding carboxylic acids is 2. The second-order valence-corrected chi connectivity index (χ2v) is 8.55. The van der Waals surface area contributed by atoms with Crippen LogP contribution in [0, 0.1) is 18.3 Å². The number of ether oxygens (including phenoxy) is 1. The van der Waals surface area contributed by atoms with Crippen molar-refractivity contribution in [1.82, 2.24) is 10.2 Å². The van der Waals surface area contributed by atoms with E-state index in [1.54, 1.807) is 30.3 Å². The molecule has 3 amide bonds. The first-order valence-corrected chi connectivity index (χ1v) is 11.1. The number of benzene rings is 3. The Morgan fingerprint density at radius 3 is 2.50 bits per heavy atom. The molecular formula is C26H19Cl2N3O3. The average molecular weight is 492 g/mol. The lowest BCUT2D eigenvalue weighted by Gasteiger charge is -2.12. The van der Waals surface area contributed by atoms with Crippen LogP contribution >= 0.6 is 23.2 Å². The molecule has 0 atom stereocenters. The lowest BCUT2D eigenvalue weighted by Crippen LogP contribution is -2.30. The Balaban J connectivity index is 1.51. The van der Waals surface area contributed by atoms with Crippen LogP contribution in [-0.2, 0) is 17.9 Å². The first-order valence-electron chi connectivity index (χ1n) is 10.4. The molecule has 1 aliphatic heterocycles. The van der Waals surface area contributed by atoms with E-state index < -0.39 is 11.9 Å². The van der Waals surface area contributed by atoms with Crippen LogP contribution in [-0.4, -0.2) is 16.8 Å². The van der Waals surface area contributed by atoms with Gasteiger partial charge in [-0.2, -0.15) is 5.26 Å². The van der Waals surface area contributed by atoms with Gasteiger partial charge in [-0.05, 0) is 42.3 Å². The summed E-state index contributed by atoms with van der Waals surface area (Å²) >= 11 is 12.8. The molecule has 0 saturated carbocycles. The second kappa shape index (κ2) is 10.0. The molecule has 1 fully saturated rings. The highest BCUT2D eigenvalue weighted by Gasteiger charge is 2.33. The van der Waals surface area contributed by atoms with Crippen molar-refractivity contribution in [2.24, 2.45) is 0 Å². The minimum atomic E-state index is -0.494. The van der Waals surface area contributed by atoms with Crippen LogP contribution in [0.1, 0.15) is 27.8 Å². The monoisotopic (exact) mass is 491 g/mol. The molecule has 6 nitrogen and oxygen atoms in total. The van der Waals surface area contributed by atoms with E-state index >= 15 is 0 Å². The van der Waals surface area contributed by atoms with Crippen molar-refractivity contribution in [3.05, 3.63) is 104 Å². The predicted octanol–water partition coefficient (Wildman–Crippen LogP) is 5.85. The van der Waals surface area contributed by atoms with Crippen LogP contribution in [0.4, 0.5) is 4.79 Å². The van der Waals surface area contributed by atoms with E-state index in [0.29, 0.717) is 16.7 Å². The molecule has 170 valence electrons. The predicted molar refractivity (Wildman–Crippen MR) is 130 cm³/mol. The first kappa shape index (κ1) is 23.4. The van der Waals surface area contributed by atoms with Crippen LogP contribution in [0.15, 0.2) is 66.4 Å². The van der Waals surface area contributed by atoms with Crippen molar-refractivity contribution in [3.8, 4) is 11.8 Å². The van der Waals surface area contributed by atoms with Gasteiger partial charge >= 0.3 is 6.03 Å². The molecule has 3 aromatic rings. The number of nitrogens with one attached hydrogen (secondary N) is 1. The summed E-state index contributed by atoms with van der Waals surface area (Å²) in [5.74, 6) is -0.173. The fraction of sp³-hybridized carbons (Fsp3) is 0.115. The summed E-state index contributed by atoms with van der Waals surface area (Å²) in [7, 11) is 0. The Morgan fingerprint density at radius 1 is 1.06 bits per heavy atom. The van der Waals surface area contributed by atoms with Gasteiger partial charge in [0.2, 0.25) is 0 Å². The second-order valence-electron chi connectivity index (χ2n) is 7.74. The number of carbonyl (C=O) groups is 2. The molecule has 1 heterocycles. The van der Waals surface area contributed by atoms with Crippen LogP contribution in [0.2, 0.25) is 10.0 Å². The minimum Gasteiger partial charge on any atom is -0.486 e. The highest BCUT2D eigenvalue weighted by atomic mass is 35.5. The largest absolute Gasteiger partial charge is 0.486 e. The Kier molecular flexibility index (Phi) is 6.87. The minimum absolute atomic E-state index is 0.117. The first-order chi connectivity index (χ1) is 16.4. The number of amides is 3. The SMILES string of the molecule is Cc1cccc(CN2C(=O)N/C(=C/c3cc(Cl)c(OCc4ccccc4C#N)c(Cl)c3)C2=O)c1. The number of urea groups is 1. The van der Waals surface area contributed by atoms with Crippen molar-refractivity contribution >= 4 is 41.2 Å². The maximum atomic E-state index is 12.8. The third-order valence-electron chi connectivity index (χ3n) is 5.23. The van der Waals surface area contributed by atoms with E-state index in [0.717, 1.165) is 16.0 Å². The highest BCUT2D eigenvalue weighted by molar-refractivity contribution is 6.37. The van der Waals surface area contributed by atoms with E-state index in [1.165, 1.54) is 6.08 Å². The van der Waals surface area contributed by atoms with E-state index in [2.05, 4.69) is 11.4 Å². The molecule has 1 saturated heterocycles. The molecule has 0 aromatic heterocycles. The molecule has 1 aliphatic rings. The third-order valence-corrected chi connectivity index (χ3v) is 5.79. The van der Waals surface area contributed by atoms with Crippen LogP contribution in [0.3, 0.4) is 0 Å². The fourth-order valence-corrected chi connectivity index (χ4v) is 4.19. The van der Waals surface area contributed by atoms with Gasteiger partial charge in [-0.3, -0.25) is 9.69 Å². The zero-order chi connectivity index (χ0) is 24.2. The number of halogens is 2. The van der Waals surface area contributed by atoms with Gasteiger partial charge in [0.05, 0.1) is 28.2 Å². The molecule has 4 rings (SSSR count). The number of nitriles is 1. The maximum absolute atomic E-state index is 12.8. The highest BCUT2D eigenvalue weighted by Crippen LogP contribution is 2.36. The third kappa shape index (κ3) is 5.07. The average Bonchev–Trinajstić information content (AvgIpc) is 3.06. The zero-order valence-electron chi connectivity index (χ0n) is 18.1. The molecular weight excluding hydrogens is 473 g/mol. The van der Waals surface area contributed by atoms with Gasteiger partial charge in [-0.1, -0.05) is 71.2 Å². The molecule has 8 heteroatoms. The van der Waals surface area contributed by atoms with Crippen LogP contribution < -0.4 is 10.1 Å². The molecule has 0 unspecified atom stereocenters. The van der Waals surface area contributed by atoms with Gasteiger partial charge < -0.3 is 10.1 Å². The molecule has 0 bridgehead atoms. The number of aryl methyl sites for hydroxylation is 1. The van der Waals surface area contributed by atoms with Crippen molar-refractivity contribution in [1.29, 1.82) is 5.26 Å². The number of hydrogen-bond donors (Lipinski definition) is 1. The van der Waals surface area contributed by atoms with Crippen molar-refractivity contribution < 1.29 is 14.3 Å². The number of nitrogens with zero attached hydrogens (tertiary/aromatic N) is 2. The maximum Gasteiger partial charge on any atom is 0.329 e. The fourth-order valence-electron chi connectivity index (χ4n) is 3.58. The summed E-state index contributed by atoms with van der Waals surface area (Å²) in [6, 6.07) is 19.5. The van der Waals surface area contributed by atoms with Gasteiger partial charge in [-0.25, -0.2) is 4.79 Å². The van der Waals surface area contributed by atoms with Gasteiger partial charge in [0.25, 0.3) is 5.91 Å². The Hall–Kier alpha value is -3.79. The van der Waals surface area contributed by atoms with E-state index in [9.17, 15) is 14.9 Å². The van der Waals surface area contributed by atoms with Crippen LogP contribution in [0.25, 0.3) is 6.08 Å². The lowest BCUT2D eigenvalue weighted by molar-refractivity contribution is -0.123. The molecule has 0 radical (unpaired) electrons. The molecule has 0 aliphatic carbocycles. The Bertz CT molecular complexity index is 1340. The van der Waals surface area contributed by atoms with Gasteiger partial charge in [0, 0.05) is 5.56 Å². The Labute approximate surface area is 207 Å². The topological polar surface area (TPSA) is 82.4 Å². The van der Waals surface area contributed by atoms with Crippen LogP contribution in [0.5, 0.6) is 5.75 Å². The summed E-state index contributed by atoms with van der Waals surface area (Å²) in [5, 5.41) is 12.3. The number of rotatable bonds is 6. The number of imide groups is 1. The summed E-state index contributed by atoms with van der Waals surface area (Å²) in [4.78, 5) is 26.4. The van der Waals surface area contributed by atoms with Crippen molar-refractivity contribution in [2.45, 2.75) is 20.1 Å². The number of hydrogen-bond acceptors (Lipinski definition) is 4. The van der Waals surface area contributed by atoms with Gasteiger partial charge in [0.15, 0.2) is 5.75 Å². The van der Waals surface area contributed by atoms with E-state index in [-0.39, 0.29) is 34.6 Å². The molecule has 3 aromatic carbocycles. The summed E-state index contributed by atoms with van der Waals surface area (Å²) < 4.78 is 5.77. The lowest BCUT2D eigenvalue weighted by atomic mass is 10.1. The summed E-state index contributed by atoms with van der Waals surface area (Å²) in [6.45, 7) is 2.23. The van der Waals surface area contributed by atoms with Gasteiger partial charge in [0.1, 0.15) is 12.3 Å². The summed E-state index contributed by atoms with van der Waals surface area (Å²) in [6.07, 6.45) is 1.52. The molecule has 0 spiro atoms.